The lowest BCUT2D eigenvalue weighted by molar-refractivity contribution is -0.125. The number of amides is 1. The number of sulfonamides is 1. The highest BCUT2D eigenvalue weighted by atomic mass is 79.9. The molecule has 1 atom stereocenters. The van der Waals surface area contributed by atoms with Crippen LogP contribution in [0.2, 0.25) is 0 Å². The van der Waals surface area contributed by atoms with Crippen LogP contribution in [0.4, 0.5) is 11.4 Å². The van der Waals surface area contributed by atoms with Crippen LogP contribution in [-0.2, 0) is 19.6 Å². The number of rotatable bonds is 9. The van der Waals surface area contributed by atoms with E-state index in [4.69, 9.17) is 9.47 Å². The van der Waals surface area contributed by atoms with Gasteiger partial charge in [-0.25, -0.2) is 13.2 Å². The summed E-state index contributed by atoms with van der Waals surface area (Å²) in [4.78, 5) is 26.6. The maximum atomic E-state index is 13.3. The number of esters is 1. The van der Waals surface area contributed by atoms with Gasteiger partial charge in [-0.3, -0.25) is 9.52 Å². The van der Waals surface area contributed by atoms with Crippen molar-refractivity contribution in [2.24, 2.45) is 0 Å². The summed E-state index contributed by atoms with van der Waals surface area (Å²) in [6.07, 6.45) is -1.31. The smallest absolute Gasteiger partial charge is 0.341 e. The molecule has 4 aromatic carbocycles. The molecule has 0 saturated carbocycles. The zero-order valence-corrected chi connectivity index (χ0v) is 22.5. The normalized spacial score (nSPS) is 11.7. The Morgan fingerprint density at radius 3 is 2.24 bits per heavy atom. The summed E-state index contributed by atoms with van der Waals surface area (Å²) in [5.41, 5.74) is 0.854. The Labute approximate surface area is 228 Å². The second-order valence-corrected chi connectivity index (χ2v) is 10.6. The second-order valence-electron chi connectivity index (χ2n) is 8.02. The van der Waals surface area contributed by atoms with Crippen LogP contribution in [0.1, 0.15) is 22.0 Å². The Balaban J connectivity index is 1.60. The first-order valence-electron chi connectivity index (χ1n) is 11.3. The number of carbonyl (C=O) groups is 2. The molecule has 10 heteroatoms. The molecular formula is C28H23BrN2O6S. The van der Waals surface area contributed by atoms with Gasteiger partial charge in [-0.1, -0.05) is 64.5 Å². The molecule has 0 aliphatic rings. The van der Waals surface area contributed by atoms with E-state index in [-0.39, 0.29) is 16.1 Å². The first-order valence-corrected chi connectivity index (χ1v) is 13.6. The average molecular weight is 595 g/mol. The van der Waals surface area contributed by atoms with Crippen LogP contribution in [-0.4, -0.2) is 27.4 Å². The first-order chi connectivity index (χ1) is 18.3. The third kappa shape index (κ3) is 6.58. The van der Waals surface area contributed by atoms with Gasteiger partial charge in [-0.15, -0.1) is 0 Å². The van der Waals surface area contributed by atoms with E-state index in [9.17, 15) is 18.0 Å². The van der Waals surface area contributed by atoms with E-state index < -0.39 is 28.0 Å². The monoisotopic (exact) mass is 594 g/mol. The Hall–Kier alpha value is -4.15. The summed E-state index contributed by atoms with van der Waals surface area (Å²) >= 11 is 3.28. The number of hydrogen-bond acceptors (Lipinski definition) is 6. The molecule has 0 saturated heterocycles. The molecule has 4 aromatic rings. The van der Waals surface area contributed by atoms with Gasteiger partial charge < -0.3 is 14.8 Å². The molecule has 0 radical (unpaired) electrons. The number of anilines is 2. The average Bonchev–Trinajstić information content (AvgIpc) is 2.92. The number of benzene rings is 4. The molecule has 0 unspecified atom stereocenters. The van der Waals surface area contributed by atoms with Crippen molar-refractivity contribution in [3.8, 4) is 5.75 Å². The number of methoxy groups -OCH3 is 1. The van der Waals surface area contributed by atoms with Crippen molar-refractivity contribution >= 4 is 49.2 Å². The molecule has 194 valence electrons. The van der Waals surface area contributed by atoms with E-state index in [1.165, 1.54) is 31.4 Å². The van der Waals surface area contributed by atoms with Crippen molar-refractivity contribution in [3.05, 3.63) is 119 Å². The van der Waals surface area contributed by atoms with Crippen LogP contribution in [0, 0.1) is 0 Å². The van der Waals surface area contributed by atoms with E-state index in [2.05, 4.69) is 26.0 Å². The summed E-state index contributed by atoms with van der Waals surface area (Å²) in [6, 6.07) is 27.4. The van der Waals surface area contributed by atoms with E-state index in [1.54, 1.807) is 78.9 Å². The van der Waals surface area contributed by atoms with Crippen molar-refractivity contribution in [3.63, 3.8) is 0 Å². The number of nitrogens with one attached hydrogen (secondary N) is 2. The molecule has 0 heterocycles. The Kier molecular flexibility index (Phi) is 8.45. The third-order valence-electron chi connectivity index (χ3n) is 5.42. The quantitative estimate of drug-likeness (QED) is 0.237. The highest BCUT2D eigenvalue weighted by Crippen LogP contribution is 2.27. The summed E-state index contributed by atoms with van der Waals surface area (Å²) in [5, 5.41) is 2.74. The summed E-state index contributed by atoms with van der Waals surface area (Å²) in [5.74, 6) is -0.928. The number of halogens is 1. The first kappa shape index (κ1) is 26.9. The van der Waals surface area contributed by atoms with Crippen LogP contribution >= 0.6 is 15.9 Å². The Morgan fingerprint density at radius 1 is 0.842 bits per heavy atom. The van der Waals surface area contributed by atoms with Crippen molar-refractivity contribution < 1.29 is 27.5 Å². The maximum Gasteiger partial charge on any atom is 0.341 e. The van der Waals surface area contributed by atoms with Crippen LogP contribution < -0.4 is 14.8 Å². The lowest BCUT2D eigenvalue weighted by Crippen LogP contribution is -2.26. The van der Waals surface area contributed by atoms with Crippen molar-refractivity contribution in [1.82, 2.24) is 0 Å². The molecule has 4 rings (SSSR count). The van der Waals surface area contributed by atoms with Crippen molar-refractivity contribution in [2.45, 2.75) is 11.0 Å². The predicted molar refractivity (Wildman–Crippen MR) is 148 cm³/mol. The van der Waals surface area contributed by atoms with E-state index in [0.29, 0.717) is 17.0 Å². The van der Waals surface area contributed by atoms with E-state index in [1.807, 2.05) is 0 Å². The molecule has 0 spiro atoms. The van der Waals surface area contributed by atoms with Gasteiger partial charge in [0.1, 0.15) is 5.75 Å². The summed E-state index contributed by atoms with van der Waals surface area (Å²) < 4.78 is 39.9. The van der Waals surface area contributed by atoms with Gasteiger partial charge in [0.05, 0.1) is 23.3 Å². The zero-order valence-electron chi connectivity index (χ0n) is 20.1. The number of carbonyl (C=O) groups excluding carboxylic acids is 2. The number of para-hydroxylation sites is 1. The van der Waals surface area contributed by atoms with Crippen LogP contribution in [0.5, 0.6) is 5.75 Å². The van der Waals surface area contributed by atoms with E-state index >= 15 is 0 Å². The Bertz CT molecular complexity index is 1540. The third-order valence-corrected chi connectivity index (χ3v) is 7.33. The van der Waals surface area contributed by atoms with Crippen LogP contribution in [0.25, 0.3) is 0 Å². The molecule has 2 N–H and O–H groups in total. The van der Waals surface area contributed by atoms with Gasteiger partial charge in [0, 0.05) is 21.8 Å². The molecule has 0 bridgehead atoms. The van der Waals surface area contributed by atoms with Gasteiger partial charge in [0.25, 0.3) is 15.9 Å². The van der Waals surface area contributed by atoms with Crippen molar-refractivity contribution in [2.75, 3.05) is 17.1 Å². The largest absolute Gasteiger partial charge is 0.497 e. The number of hydrogen-bond donors (Lipinski definition) is 2. The maximum absolute atomic E-state index is 13.3. The van der Waals surface area contributed by atoms with Gasteiger partial charge in [0.2, 0.25) is 6.10 Å². The van der Waals surface area contributed by atoms with Crippen LogP contribution in [0.15, 0.2) is 112 Å². The molecule has 8 nitrogen and oxygen atoms in total. The van der Waals surface area contributed by atoms with E-state index in [0.717, 1.165) is 4.47 Å². The minimum atomic E-state index is -4.00. The van der Waals surface area contributed by atoms with Gasteiger partial charge >= 0.3 is 5.97 Å². The zero-order chi connectivity index (χ0) is 27.1. The molecule has 0 aliphatic carbocycles. The second kappa shape index (κ2) is 11.9. The highest BCUT2D eigenvalue weighted by Gasteiger charge is 2.28. The molecule has 0 aromatic heterocycles. The van der Waals surface area contributed by atoms with Gasteiger partial charge in [0.15, 0.2) is 0 Å². The molecular weight excluding hydrogens is 572 g/mol. The molecule has 1 amide bonds. The fourth-order valence-corrected chi connectivity index (χ4v) is 4.89. The topological polar surface area (TPSA) is 111 Å². The lowest BCUT2D eigenvalue weighted by Gasteiger charge is -2.19. The predicted octanol–water partition coefficient (Wildman–Crippen LogP) is 5.80. The van der Waals surface area contributed by atoms with Crippen LogP contribution in [0.3, 0.4) is 0 Å². The van der Waals surface area contributed by atoms with Gasteiger partial charge in [-0.05, 0) is 48.5 Å². The highest BCUT2D eigenvalue weighted by molar-refractivity contribution is 9.10. The molecule has 0 fully saturated rings. The lowest BCUT2D eigenvalue weighted by atomic mass is 10.1. The minimum absolute atomic E-state index is 0.0143. The Morgan fingerprint density at radius 2 is 1.53 bits per heavy atom. The fraction of sp³-hybridized carbons (Fsp3) is 0.0714. The standard InChI is InChI=1S/C28H23BrN2O6S/c1-36-22-11-7-10-21(18-22)30-27(32)26(19-8-3-2-4-9-19)37-28(33)24-12-5-6-13-25(24)31-38(34,35)23-16-14-20(29)15-17-23/h2-18,26,31H,1H3,(H,30,32)/t26-/m0/s1. The minimum Gasteiger partial charge on any atom is -0.497 e. The SMILES string of the molecule is COc1cccc(NC(=O)[C@@H](OC(=O)c2ccccc2NS(=O)(=O)c2ccc(Br)cc2)c2ccccc2)c1. The van der Waals surface area contributed by atoms with Crippen molar-refractivity contribution in [1.29, 1.82) is 0 Å². The number of ether oxygens (including phenoxy) is 2. The molecule has 38 heavy (non-hydrogen) atoms. The fourth-order valence-electron chi connectivity index (χ4n) is 3.55. The molecule has 0 aliphatic heterocycles. The summed E-state index contributed by atoms with van der Waals surface area (Å²) in [7, 11) is -2.49. The van der Waals surface area contributed by atoms with Gasteiger partial charge in [-0.2, -0.15) is 0 Å². The summed E-state index contributed by atoms with van der Waals surface area (Å²) in [6.45, 7) is 0.